The number of nitrogens with zero attached hydrogens (tertiary/aromatic N) is 2. The van der Waals surface area contributed by atoms with Crippen LogP contribution in [0.3, 0.4) is 0 Å². The summed E-state index contributed by atoms with van der Waals surface area (Å²) in [4.78, 5) is 39.5. The summed E-state index contributed by atoms with van der Waals surface area (Å²) < 4.78 is 5.23. The second-order valence-corrected chi connectivity index (χ2v) is 10.6. The lowest BCUT2D eigenvalue weighted by Crippen LogP contribution is -2.46. The van der Waals surface area contributed by atoms with Gasteiger partial charge in [-0.3, -0.25) is 19.8 Å². The third-order valence-corrected chi connectivity index (χ3v) is 5.80. The molecule has 0 aromatic carbocycles. The van der Waals surface area contributed by atoms with E-state index in [9.17, 15) is 19.5 Å². The maximum Gasteiger partial charge on any atom is 0.305 e. The summed E-state index contributed by atoms with van der Waals surface area (Å²) in [6.07, 6.45) is 27.1. The fourth-order valence-corrected chi connectivity index (χ4v) is 3.08. The van der Waals surface area contributed by atoms with Gasteiger partial charge in [0, 0.05) is 32.5 Å². The highest BCUT2D eigenvalue weighted by Gasteiger charge is 2.34. The molecule has 11 heteroatoms. The number of aliphatic imine (C=N–C) groups is 1. The van der Waals surface area contributed by atoms with E-state index in [1.54, 1.807) is 32.8 Å². The fourth-order valence-electron chi connectivity index (χ4n) is 3.08. The highest BCUT2D eigenvalue weighted by molar-refractivity contribution is 5.84. The number of nitrogens with one attached hydrogen (secondary N) is 2. The van der Waals surface area contributed by atoms with Crippen LogP contribution in [0.25, 0.3) is 0 Å². The molecule has 0 aliphatic rings. The Morgan fingerprint density at radius 2 is 1.43 bits per heavy atom. The van der Waals surface area contributed by atoms with Gasteiger partial charge in [0.2, 0.25) is 5.91 Å². The number of carboxylic acids is 1. The Bertz CT molecular complexity index is 997. The second kappa shape index (κ2) is 27.8. The molecule has 0 unspecified atom stereocenters. The number of aliphatic hydroxyl groups is 1. The molecule has 0 saturated carbocycles. The molecule has 0 aliphatic heterocycles. The lowest BCUT2D eigenvalue weighted by Gasteiger charge is -2.28. The van der Waals surface area contributed by atoms with Crippen molar-refractivity contribution in [2.75, 3.05) is 27.2 Å². The van der Waals surface area contributed by atoms with Crippen molar-refractivity contribution < 1.29 is 29.3 Å². The van der Waals surface area contributed by atoms with Gasteiger partial charge in [0.05, 0.1) is 13.0 Å². The summed E-state index contributed by atoms with van der Waals surface area (Å²) in [7, 11) is 3.53. The van der Waals surface area contributed by atoms with Crippen molar-refractivity contribution >= 4 is 30.1 Å². The smallest absolute Gasteiger partial charge is 0.305 e. The molecule has 6 N–H and O–H groups in total. The van der Waals surface area contributed by atoms with E-state index in [2.05, 4.69) is 71.9 Å². The molecular weight excluding hydrogens is 562 g/mol. The number of amides is 1. The lowest BCUT2D eigenvalue weighted by atomic mass is 9.87. The van der Waals surface area contributed by atoms with Crippen LogP contribution in [0.4, 0.5) is 0 Å². The third kappa shape index (κ3) is 26.9. The van der Waals surface area contributed by atoms with Crippen LogP contribution in [0, 0.1) is 10.8 Å². The zero-order chi connectivity index (χ0) is 33.6. The van der Waals surface area contributed by atoms with Gasteiger partial charge < -0.3 is 30.9 Å². The fraction of sp³-hybridized carbons (Fsp3) is 0.545. The molecule has 0 aromatic rings. The number of aliphatic carboxylic acids is 1. The number of allylic oxidation sites excluding steroid dienone is 10. The molecule has 44 heavy (non-hydrogen) atoms. The molecule has 0 rings (SSSR count). The zero-order valence-corrected chi connectivity index (χ0v) is 27.2. The number of carbonyl (C=O) groups excluding carboxylic acids is 2. The third-order valence-electron chi connectivity index (χ3n) is 5.80. The van der Waals surface area contributed by atoms with Crippen molar-refractivity contribution in [2.24, 2.45) is 16.1 Å². The van der Waals surface area contributed by atoms with Gasteiger partial charge in [-0.1, -0.05) is 81.5 Å². The summed E-state index contributed by atoms with van der Waals surface area (Å²) in [6, 6.07) is 0. The average Bonchev–Trinajstić information content (AvgIpc) is 2.97. The lowest BCUT2D eigenvalue weighted by molar-refractivity contribution is -0.153. The van der Waals surface area contributed by atoms with Crippen LogP contribution in [0.2, 0.25) is 0 Å². The van der Waals surface area contributed by atoms with Crippen molar-refractivity contribution in [1.82, 2.24) is 10.2 Å². The van der Waals surface area contributed by atoms with E-state index in [-0.39, 0.29) is 32.0 Å². The maximum atomic E-state index is 12.0. The Balaban J connectivity index is 0. The monoisotopic (exact) mass is 617 g/mol. The number of esters is 1. The molecular formula is C33H55N5O6. The van der Waals surface area contributed by atoms with Gasteiger partial charge in [0.15, 0.2) is 5.96 Å². The maximum absolute atomic E-state index is 12.0. The molecule has 0 saturated heterocycles. The standard InChI is InChI=1S/C29H45NO6.C4H10N4/c1-4-5-6-7-8-9-10-11-12-13-14-15-16-17-18-19-20-21-26(33)36-24-29(2,3)27(34)28(35)30-23-22-25(31)32;1-8(2)4(6)7-3-5/h5-6,8-9,11-12,14-15,17-18,27,34H,4,7,10,13,16,19-24H2,1-3H3,(H,30,35)(H,31,32);3H,1-2H3,(H3,5,6,7)/b6-5-,9-8-,12-11-,15-14-,18-17-;/t27-;/m0./s1. The molecule has 11 nitrogen and oxygen atoms in total. The Labute approximate surface area is 263 Å². The summed E-state index contributed by atoms with van der Waals surface area (Å²) in [5.41, 5.74) is 4.26. The van der Waals surface area contributed by atoms with Gasteiger partial charge in [0.25, 0.3) is 0 Å². The first-order valence-electron chi connectivity index (χ1n) is 15.0. The van der Waals surface area contributed by atoms with Crippen LogP contribution < -0.4 is 11.1 Å². The Kier molecular flexibility index (Phi) is 26.6. The van der Waals surface area contributed by atoms with Crippen molar-refractivity contribution in [3.63, 3.8) is 0 Å². The molecule has 0 bridgehead atoms. The topological polar surface area (TPSA) is 178 Å². The normalized spacial score (nSPS) is 13.0. The van der Waals surface area contributed by atoms with Crippen molar-refractivity contribution in [2.45, 2.75) is 84.7 Å². The average molecular weight is 618 g/mol. The van der Waals surface area contributed by atoms with Gasteiger partial charge in [-0.25, -0.2) is 4.99 Å². The number of rotatable bonds is 21. The van der Waals surface area contributed by atoms with Crippen molar-refractivity contribution in [1.29, 1.82) is 5.41 Å². The second-order valence-electron chi connectivity index (χ2n) is 10.6. The van der Waals surface area contributed by atoms with Gasteiger partial charge in [-0.05, 0) is 44.9 Å². The minimum Gasteiger partial charge on any atom is -0.481 e. The predicted octanol–water partition coefficient (Wildman–Crippen LogP) is 4.90. The van der Waals surface area contributed by atoms with Gasteiger partial charge in [0.1, 0.15) is 12.4 Å². The van der Waals surface area contributed by atoms with Gasteiger partial charge in [-0.15, -0.1) is 0 Å². The molecule has 248 valence electrons. The molecule has 0 spiro atoms. The van der Waals surface area contributed by atoms with Gasteiger partial charge in [-0.2, -0.15) is 0 Å². The summed E-state index contributed by atoms with van der Waals surface area (Å²) in [6.45, 7) is 5.17. The number of hydrogen-bond donors (Lipinski definition) is 5. The number of carboxylic acid groups (broad SMARTS) is 1. The molecule has 0 aliphatic carbocycles. The molecule has 0 aromatic heterocycles. The molecule has 0 fully saturated rings. The van der Waals surface area contributed by atoms with E-state index < -0.39 is 23.4 Å². The number of carbonyl (C=O) groups is 3. The summed E-state index contributed by atoms with van der Waals surface area (Å²) in [5, 5.41) is 27.7. The minimum atomic E-state index is -1.42. The first-order chi connectivity index (χ1) is 20.9. The van der Waals surface area contributed by atoms with E-state index in [0.717, 1.165) is 44.9 Å². The van der Waals surface area contributed by atoms with Crippen LogP contribution in [0.1, 0.15) is 78.6 Å². The van der Waals surface area contributed by atoms with E-state index >= 15 is 0 Å². The van der Waals surface area contributed by atoms with Crippen molar-refractivity contribution in [3.8, 4) is 0 Å². The first kappa shape index (κ1) is 42.1. The molecule has 1 atom stereocenters. The number of aliphatic hydroxyl groups excluding tert-OH is 1. The SMILES string of the molecule is CC/C=C\C/C=C\C/C=C\C/C=C\C/C=C\CCCC(=O)OCC(C)(C)[C@@H](O)C(=O)NCCC(=O)O.CN(C)C(N)=NC=N. The highest BCUT2D eigenvalue weighted by atomic mass is 16.5. The molecule has 0 radical (unpaired) electrons. The van der Waals surface area contributed by atoms with Crippen LogP contribution in [0.5, 0.6) is 0 Å². The van der Waals surface area contributed by atoms with Gasteiger partial charge >= 0.3 is 11.9 Å². The molecule has 1 amide bonds. The quantitative estimate of drug-likeness (QED) is 0.0397. The number of unbranched alkanes of at least 4 members (excludes halogenated alkanes) is 1. The van der Waals surface area contributed by atoms with Crippen LogP contribution in [-0.4, -0.2) is 78.6 Å². The predicted molar refractivity (Wildman–Crippen MR) is 178 cm³/mol. The Hall–Kier alpha value is -3.99. The van der Waals surface area contributed by atoms with Crippen molar-refractivity contribution in [3.05, 3.63) is 60.8 Å². The minimum absolute atomic E-state index is 0.0725. The summed E-state index contributed by atoms with van der Waals surface area (Å²) >= 11 is 0. The number of ether oxygens (including phenoxy) is 1. The summed E-state index contributed by atoms with van der Waals surface area (Å²) in [5.74, 6) is -1.76. The van der Waals surface area contributed by atoms with Crippen LogP contribution in [0.15, 0.2) is 65.8 Å². The van der Waals surface area contributed by atoms with E-state index in [1.165, 1.54) is 0 Å². The number of hydrogen-bond acceptors (Lipinski definition) is 6. The highest BCUT2D eigenvalue weighted by Crippen LogP contribution is 2.22. The van der Waals surface area contributed by atoms with E-state index in [4.69, 9.17) is 21.0 Å². The van der Waals surface area contributed by atoms with E-state index in [1.807, 2.05) is 6.08 Å². The molecule has 0 heterocycles. The Morgan fingerprint density at radius 1 is 0.932 bits per heavy atom. The van der Waals surface area contributed by atoms with E-state index in [0.29, 0.717) is 12.4 Å². The number of nitrogens with two attached hydrogens (primary N) is 1. The van der Waals surface area contributed by atoms with Crippen LogP contribution >= 0.6 is 0 Å². The Morgan fingerprint density at radius 3 is 1.86 bits per heavy atom. The first-order valence-corrected chi connectivity index (χ1v) is 15.0. The largest absolute Gasteiger partial charge is 0.481 e. The zero-order valence-electron chi connectivity index (χ0n) is 27.2. The van der Waals surface area contributed by atoms with Crippen LogP contribution in [-0.2, 0) is 19.1 Å². The number of guanidine groups is 1.